The van der Waals surface area contributed by atoms with Gasteiger partial charge in [0.2, 0.25) is 0 Å². The Morgan fingerprint density at radius 2 is 1.95 bits per heavy atom. The van der Waals surface area contributed by atoms with Crippen LogP contribution >= 0.6 is 0 Å². The van der Waals surface area contributed by atoms with Gasteiger partial charge in [0.25, 0.3) is 0 Å². The Morgan fingerprint density at radius 3 is 2.63 bits per heavy atom. The molecule has 0 radical (unpaired) electrons. The van der Waals surface area contributed by atoms with Gasteiger partial charge < -0.3 is 10.1 Å². The standard InChI is InChI=1S/C16H30N2O/c1-15(2)11-14(7-10-19-15)18-9-4-8-17-16(3,12-18)13-5-6-13/h13-14,17H,4-12H2,1-3H3. The molecule has 0 spiro atoms. The zero-order valence-corrected chi connectivity index (χ0v) is 12.9. The predicted molar refractivity (Wildman–Crippen MR) is 78.4 cm³/mol. The smallest absolute Gasteiger partial charge is 0.0641 e. The molecule has 110 valence electrons. The van der Waals surface area contributed by atoms with Crippen LogP contribution in [0.2, 0.25) is 0 Å². The van der Waals surface area contributed by atoms with Gasteiger partial charge in [-0.1, -0.05) is 0 Å². The molecule has 2 unspecified atom stereocenters. The van der Waals surface area contributed by atoms with Crippen LogP contribution in [0, 0.1) is 5.92 Å². The molecule has 2 atom stereocenters. The van der Waals surface area contributed by atoms with Gasteiger partial charge in [-0.2, -0.15) is 0 Å². The lowest BCUT2D eigenvalue weighted by Crippen LogP contribution is -2.55. The molecule has 3 fully saturated rings. The third-order valence-electron chi connectivity index (χ3n) is 5.35. The third kappa shape index (κ3) is 3.14. The highest BCUT2D eigenvalue weighted by atomic mass is 16.5. The third-order valence-corrected chi connectivity index (χ3v) is 5.35. The average molecular weight is 266 g/mol. The lowest BCUT2D eigenvalue weighted by atomic mass is 9.90. The van der Waals surface area contributed by atoms with E-state index in [4.69, 9.17) is 4.74 Å². The van der Waals surface area contributed by atoms with E-state index in [2.05, 4.69) is 31.0 Å². The van der Waals surface area contributed by atoms with Gasteiger partial charge in [-0.05, 0) is 71.9 Å². The summed E-state index contributed by atoms with van der Waals surface area (Å²) < 4.78 is 5.89. The Labute approximate surface area is 118 Å². The van der Waals surface area contributed by atoms with Crippen LogP contribution in [-0.4, -0.2) is 48.3 Å². The van der Waals surface area contributed by atoms with Gasteiger partial charge in [0.05, 0.1) is 5.60 Å². The highest BCUT2D eigenvalue weighted by Crippen LogP contribution is 2.41. The minimum Gasteiger partial charge on any atom is -0.375 e. The van der Waals surface area contributed by atoms with Gasteiger partial charge in [0, 0.05) is 24.7 Å². The maximum absolute atomic E-state index is 5.89. The zero-order valence-electron chi connectivity index (χ0n) is 12.9. The number of hydrogen-bond donors (Lipinski definition) is 1. The Hall–Kier alpha value is -0.120. The van der Waals surface area contributed by atoms with E-state index in [1.807, 2.05) is 0 Å². The summed E-state index contributed by atoms with van der Waals surface area (Å²) in [6.07, 6.45) is 6.55. The van der Waals surface area contributed by atoms with Crippen LogP contribution < -0.4 is 5.32 Å². The Bertz CT molecular complexity index is 327. The van der Waals surface area contributed by atoms with Gasteiger partial charge in [0.1, 0.15) is 0 Å². The first kappa shape index (κ1) is 13.8. The van der Waals surface area contributed by atoms with E-state index in [1.165, 1.54) is 51.7 Å². The quantitative estimate of drug-likeness (QED) is 0.830. The van der Waals surface area contributed by atoms with E-state index < -0.39 is 0 Å². The fraction of sp³-hybridized carbons (Fsp3) is 1.00. The maximum Gasteiger partial charge on any atom is 0.0641 e. The molecular weight excluding hydrogens is 236 g/mol. The van der Waals surface area contributed by atoms with Crippen LogP contribution in [-0.2, 0) is 4.74 Å². The molecule has 2 aliphatic heterocycles. The van der Waals surface area contributed by atoms with Crippen molar-refractivity contribution in [2.75, 3.05) is 26.2 Å². The van der Waals surface area contributed by atoms with Crippen molar-refractivity contribution >= 4 is 0 Å². The molecule has 3 nitrogen and oxygen atoms in total. The number of nitrogens with one attached hydrogen (secondary N) is 1. The molecule has 2 heterocycles. The first-order valence-corrected chi connectivity index (χ1v) is 8.12. The van der Waals surface area contributed by atoms with Crippen molar-refractivity contribution < 1.29 is 4.74 Å². The molecular formula is C16H30N2O. The van der Waals surface area contributed by atoms with E-state index >= 15 is 0 Å². The van der Waals surface area contributed by atoms with Crippen LogP contribution in [0.4, 0.5) is 0 Å². The SMILES string of the molecule is CC1(C)CC(N2CCCNC(C)(C3CC3)C2)CCO1. The largest absolute Gasteiger partial charge is 0.375 e. The summed E-state index contributed by atoms with van der Waals surface area (Å²) in [7, 11) is 0. The van der Waals surface area contributed by atoms with Crippen molar-refractivity contribution in [3.8, 4) is 0 Å². The van der Waals surface area contributed by atoms with Crippen molar-refractivity contribution in [3.63, 3.8) is 0 Å². The monoisotopic (exact) mass is 266 g/mol. The van der Waals surface area contributed by atoms with Crippen LogP contribution in [0.5, 0.6) is 0 Å². The molecule has 0 aromatic heterocycles. The Morgan fingerprint density at radius 1 is 1.16 bits per heavy atom. The molecule has 2 saturated heterocycles. The Balaban J connectivity index is 1.68. The molecule has 0 amide bonds. The van der Waals surface area contributed by atoms with Crippen molar-refractivity contribution in [3.05, 3.63) is 0 Å². The van der Waals surface area contributed by atoms with Crippen LogP contribution in [0.25, 0.3) is 0 Å². The summed E-state index contributed by atoms with van der Waals surface area (Å²) in [5.74, 6) is 0.918. The molecule has 0 aromatic rings. The molecule has 19 heavy (non-hydrogen) atoms. The first-order chi connectivity index (χ1) is 8.99. The van der Waals surface area contributed by atoms with E-state index in [-0.39, 0.29) is 5.60 Å². The van der Waals surface area contributed by atoms with Crippen molar-refractivity contribution in [1.82, 2.24) is 10.2 Å². The van der Waals surface area contributed by atoms with Crippen LogP contribution in [0.3, 0.4) is 0 Å². The van der Waals surface area contributed by atoms with E-state index in [1.54, 1.807) is 0 Å². The fourth-order valence-electron chi connectivity index (χ4n) is 4.03. The minimum absolute atomic E-state index is 0.0681. The van der Waals surface area contributed by atoms with E-state index in [0.717, 1.165) is 18.6 Å². The molecule has 3 rings (SSSR count). The topological polar surface area (TPSA) is 24.5 Å². The molecule has 3 heteroatoms. The molecule has 1 N–H and O–H groups in total. The van der Waals surface area contributed by atoms with Gasteiger partial charge in [0.15, 0.2) is 0 Å². The summed E-state index contributed by atoms with van der Waals surface area (Å²) in [6, 6.07) is 0.724. The molecule has 1 aliphatic carbocycles. The predicted octanol–water partition coefficient (Wildman–Crippen LogP) is 2.41. The fourth-order valence-corrected chi connectivity index (χ4v) is 4.03. The second-order valence-corrected chi connectivity index (χ2v) is 7.70. The number of nitrogens with zero attached hydrogens (tertiary/aromatic N) is 1. The van der Waals surface area contributed by atoms with Gasteiger partial charge in [-0.25, -0.2) is 0 Å². The molecule has 0 aromatic carbocycles. The molecule has 3 aliphatic rings. The summed E-state index contributed by atoms with van der Waals surface area (Å²) in [6.45, 7) is 11.6. The van der Waals surface area contributed by atoms with Gasteiger partial charge in [-0.3, -0.25) is 4.90 Å². The van der Waals surface area contributed by atoms with Crippen LogP contribution in [0.15, 0.2) is 0 Å². The lowest BCUT2D eigenvalue weighted by Gasteiger charge is -2.43. The summed E-state index contributed by atoms with van der Waals surface area (Å²) in [5.41, 5.74) is 0.428. The van der Waals surface area contributed by atoms with Crippen molar-refractivity contribution in [2.45, 2.75) is 70.1 Å². The summed E-state index contributed by atoms with van der Waals surface area (Å²) in [5, 5.41) is 3.84. The first-order valence-electron chi connectivity index (χ1n) is 8.12. The average Bonchev–Trinajstić information content (AvgIpc) is 3.14. The molecule has 1 saturated carbocycles. The number of ether oxygens (including phenoxy) is 1. The van der Waals surface area contributed by atoms with E-state index in [9.17, 15) is 0 Å². The van der Waals surface area contributed by atoms with E-state index in [0.29, 0.717) is 5.54 Å². The van der Waals surface area contributed by atoms with Crippen molar-refractivity contribution in [2.24, 2.45) is 5.92 Å². The van der Waals surface area contributed by atoms with Crippen LogP contribution in [0.1, 0.15) is 52.9 Å². The summed E-state index contributed by atoms with van der Waals surface area (Å²) in [4.78, 5) is 2.77. The van der Waals surface area contributed by atoms with Gasteiger partial charge in [-0.15, -0.1) is 0 Å². The maximum atomic E-state index is 5.89. The normalized spacial score (nSPS) is 40.9. The highest BCUT2D eigenvalue weighted by Gasteiger charge is 2.44. The number of hydrogen-bond acceptors (Lipinski definition) is 3. The second-order valence-electron chi connectivity index (χ2n) is 7.70. The Kier molecular flexibility index (Phi) is 3.65. The molecule has 0 bridgehead atoms. The van der Waals surface area contributed by atoms with Gasteiger partial charge >= 0.3 is 0 Å². The lowest BCUT2D eigenvalue weighted by molar-refractivity contribution is -0.0850. The highest BCUT2D eigenvalue weighted by molar-refractivity contribution is 5.02. The number of rotatable bonds is 2. The summed E-state index contributed by atoms with van der Waals surface area (Å²) >= 11 is 0. The second kappa shape index (κ2) is 5.01. The van der Waals surface area contributed by atoms with Crippen molar-refractivity contribution in [1.29, 1.82) is 0 Å². The zero-order chi connectivity index (χ0) is 13.5. The minimum atomic E-state index is 0.0681.